The Balaban J connectivity index is 2.12. The lowest BCUT2D eigenvalue weighted by Crippen LogP contribution is -2.47. The Bertz CT molecular complexity index is 693. The van der Waals surface area contributed by atoms with E-state index in [1.807, 2.05) is 57.3 Å². The number of carbonyl (C=O) groups is 2. The van der Waals surface area contributed by atoms with E-state index < -0.39 is 6.04 Å². The van der Waals surface area contributed by atoms with E-state index in [2.05, 4.69) is 10.6 Å². The zero-order chi connectivity index (χ0) is 17.0. The first-order chi connectivity index (χ1) is 10.9. The van der Waals surface area contributed by atoms with E-state index in [9.17, 15) is 9.59 Å². The summed E-state index contributed by atoms with van der Waals surface area (Å²) in [5.74, 6) is -0.419. The minimum atomic E-state index is -0.579. The molecule has 0 aliphatic rings. The van der Waals surface area contributed by atoms with Gasteiger partial charge in [0, 0.05) is 5.69 Å². The lowest BCUT2D eigenvalue weighted by atomic mass is 10.0. The summed E-state index contributed by atoms with van der Waals surface area (Å²) in [6.07, 6.45) is 0. The van der Waals surface area contributed by atoms with Gasteiger partial charge in [0.15, 0.2) is 0 Å². The number of hydrogen-bond acceptors (Lipinski definition) is 3. The molecule has 0 fully saturated rings. The van der Waals surface area contributed by atoms with Gasteiger partial charge < -0.3 is 10.6 Å². The van der Waals surface area contributed by atoms with E-state index >= 15 is 0 Å². The van der Waals surface area contributed by atoms with Crippen LogP contribution in [0.5, 0.6) is 0 Å². The molecule has 0 unspecified atom stereocenters. The second-order valence-corrected chi connectivity index (χ2v) is 6.86. The van der Waals surface area contributed by atoms with Crippen molar-refractivity contribution in [1.82, 2.24) is 5.32 Å². The molecule has 2 amide bonds. The van der Waals surface area contributed by atoms with E-state index in [1.165, 1.54) is 11.3 Å². The lowest BCUT2D eigenvalue weighted by molar-refractivity contribution is -0.118. The number of aryl methyl sites for hydroxylation is 1. The second-order valence-electron chi connectivity index (χ2n) is 5.91. The molecule has 1 heterocycles. The Kier molecular flexibility index (Phi) is 5.55. The molecule has 0 spiro atoms. The van der Waals surface area contributed by atoms with Crippen molar-refractivity contribution in [1.29, 1.82) is 0 Å². The van der Waals surface area contributed by atoms with Gasteiger partial charge in [-0.2, -0.15) is 0 Å². The van der Waals surface area contributed by atoms with Crippen molar-refractivity contribution in [3.05, 3.63) is 51.7 Å². The molecule has 2 N–H and O–H groups in total. The molecular formula is C18H22N2O2S. The molecule has 122 valence electrons. The molecule has 0 aliphatic carbocycles. The fraction of sp³-hybridized carbons (Fsp3) is 0.333. The lowest BCUT2D eigenvalue weighted by Gasteiger charge is -2.22. The van der Waals surface area contributed by atoms with Crippen molar-refractivity contribution in [2.24, 2.45) is 5.92 Å². The van der Waals surface area contributed by atoms with Gasteiger partial charge >= 0.3 is 0 Å². The maximum absolute atomic E-state index is 12.6. The van der Waals surface area contributed by atoms with Gasteiger partial charge in [0.1, 0.15) is 6.04 Å². The largest absolute Gasteiger partial charge is 0.339 e. The molecule has 0 bridgehead atoms. The molecule has 2 aromatic rings. The van der Waals surface area contributed by atoms with E-state index in [-0.39, 0.29) is 17.7 Å². The predicted octanol–water partition coefficient (Wildman–Crippen LogP) is 3.76. The molecule has 0 saturated carbocycles. The first-order valence-electron chi connectivity index (χ1n) is 7.61. The number of amides is 2. The van der Waals surface area contributed by atoms with Crippen molar-refractivity contribution in [3.8, 4) is 0 Å². The quantitative estimate of drug-likeness (QED) is 0.877. The summed E-state index contributed by atoms with van der Waals surface area (Å²) >= 11 is 1.36. The van der Waals surface area contributed by atoms with Crippen LogP contribution in [-0.4, -0.2) is 17.9 Å². The van der Waals surface area contributed by atoms with Gasteiger partial charge in [0.2, 0.25) is 5.91 Å². The van der Waals surface area contributed by atoms with Gasteiger partial charge in [0.05, 0.1) is 4.88 Å². The maximum Gasteiger partial charge on any atom is 0.262 e. The minimum Gasteiger partial charge on any atom is -0.339 e. The Morgan fingerprint density at radius 3 is 2.43 bits per heavy atom. The van der Waals surface area contributed by atoms with Crippen LogP contribution in [0.3, 0.4) is 0 Å². The first-order valence-corrected chi connectivity index (χ1v) is 8.49. The van der Waals surface area contributed by atoms with Crippen LogP contribution in [-0.2, 0) is 4.79 Å². The first kappa shape index (κ1) is 17.2. The second kappa shape index (κ2) is 7.42. The fourth-order valence-corrected chi connectivity index (χ4v) is 2.88. The predicted molar refractivity (Wildman–Crippen MR) is 95.0 cm³/mol. The van der Waals surface area contributed by atoms with Crippen molar-refractivity contribution in [2.75, 3.05) is 5.32 Å². The number of anilines is 1. The van der Waals surface area contributed by atoms with E-state index in [0.29, 0.717) is 4.88 Å². The van der Waals surface area contributed by atoms with Crippen LogP contribution >= 0.6 is 11.3 Å². The number of thiophene rings is 1. The third-order valence-electron chi connectivity index (χ3n) is 3.84. The summed E-state index contributed by atoms with van der Waals surface area (Å²) in [4.78, 5) is 25.4. The van der Waals surface area contributed by atoms with Crippen LogP contribution in [0.2, 0.25) is 0 Å². The Morgan fingerprint density at radius 2 is 1.83 bits per heavy atom. The zero-order valence-electron chi connectivity index (χ0n) is 13.8. The minimum absolute atomic E-state index is 0.0102. The summed E-state index contributed by atoms with van der Waals surface area (Å²) in [6, 6.07) is 8.78. The zero-order valence-corrected chi connectivity index (χ0v) is 14.7. The number of hydrogen-bond donors (Lipinski definition) is 2. The average molecular weight is 330 g/mol. The number of rotatable bonds is 5. The van der Waals surface area contributed by atoms with Gasteiger partial charge in [-0.1, -0.05) is 32.0 Å². The maximum atomic E-state index is 12.6. The van der Waals surface area contributed by atoms with Gasteiger partial charge in [-0.25, -0.2) is 0 Å². The molecule has 0 aliphatic heterocycles. The molecule has 1 aromatic carbocycles. The summed E-state index contributed by atoms with van der Waals surface area (Å²) in [5, 5.41) is 7.61. The summed E-state index contributed by atoms with van der Waals surface area (Å²) in [7, 11) is 0. The van der Waals surface area contributed by atoms with Crippen LogP contribution in [0.15, 0.2) is 35.7 Å². The standard InChI is InChI=1S/C18H22N2O2S/c1-11(2)16(20-17(21)15-9-6-10-23-15)18(22)19-14-8-5-7-12(3)13(14)4/h5-11,16H,1-4H3,(H,19,22)(H,20,21)/t16-/m0/s1. The van der Waals surface area contributed by atoms with E-state index in [1.54, 1.807) is 6.07 Å². The molecule has 1 aromatic heterocycles. The molecule has 0 saturated heterocycles. The summed E-state index contributed by atoms with van der Waals surface area (Å²) in [5.41, 5.74) is 2.94. The van der Waals surface area contributed by atoms with Crippen LogP contribution in [0, 0.1) is 19.8 Å². The topological polar surface area (TPSA) is 58.2 Å². The summed E-state index contributed by atoms with van der Waals surface area (Å²) in [6.45, 7) is 7.81. The summed E-state index contributed by atoms with van der Waals surface area (Å²) < 4.78 is 0. The average Bonchev–Trinajstić information content (AvgIpc) is 3.03. The highest BCUT2D eigenvalue weighted by molar-refractivity contribution is 7.12. The smallest absolute Gasteiger partial charge is 0.262 e. The van der Waals surface area contributed by atoms with Crippen molar-refractivity contribution >= 4 is 28.8 Å². The van der Waals surface area contributed by atoms with Gasteiger partial charge in [-0.05, 0) is 48.4 Å². The molecule has 23 heavy (non-hydrogen) atoms. The Hall–Kier alpha value is -2.14. The van der Waals surface area contributed by atoms with Gasteiger partial charge in [-0.3, -0.25) is 9.59 Å². The number of nitrogens with one attached hydrogen (secondary N) is 2. The van der Waals surface area contributed by atoms with Crippen LogP contribution in [0.4, 0.5) is 5.69 Å². The molecule has 5 heteroatoms. The monoisotopic (exact) mass is 330 g/mol. The van der Waals surface area contributed by atoms with Crippen molar-refractivity contribution in [2.45, 2.75) is 33.7 Å². The molecule has 0 radical (unpaired) electrons. The normalized spacial score (nSPS) is 12.0. The number of carbonyl (C=O) groups excluding carboxylic acids is 2. The highest BCUT2D eigenvalue weighted by Gasteiger charge is 2.25. The highest BCUT2D eigenvalue weighted by Crippen LogP contribution is 2.19. The highest BCUT2D eigenvalue weighted by atomic mass is 32.1. The third-order valence-corrected chi connectivity index (χ3v) is 4.71. The molecule has 2 rings (SSSR count). The van der Waals surface area contributed by atoms with E-state index in [0.717, 1.165) is 16.8 Å². The Morgan fingerprint density at radius 1 is 1.09 bits per heavy atom. The fourth-order valence-electron chi connectivity index (χ4n) is 2.25. The molecule has 4 nitrogen and oxygen atoms in total. The van der Waals surface area contributed by atoms with Crippen LogP contribution < -0.4 is 10.6 Å². The number of benzene rings is 1. The molecular weight excluding hydrogens is 308 g/mol. The van der Waals surface area contributed by atoms with Crippen LogP contribution in [0.1, 0.15) is 34.6 Å². The van der Waals surface area contributed by atoms with Gasteiger partial charge in [0.25, 0.3) is 5.91 Å². The van der Waals surface area contributed by atoms with Gasteiger partial charge in [-0.15, -0.1) is 11.3 Å². The SMILES string of the molecule is Cc1cccc(NC(=O)[C@@H](NC(=O)c2cccs2)C(C)C)c1C. The third kappa shape index (κ3) is 4.20. The van der Waals surface area contributed by atoms with E-state index in [4.69, 9.17) is 0 Å². The van der Waals surface area contributed by atoms with Crippen molar-refractivity contribution in [3.63, 3.8) is 0 Å². The van der Waals surface area contributed by atoms with Crippen LogP contribution in [0.25, 0.3) is 0 Å². The Labute approximate surface area is 140 Å². The molecule has 1 atom stereocenters. The van der Waals surface area contributed by atoms with Crippen molar-refractivity contribution < 1.29 is 9.59 Å².